The van der Waals surface area contributed by atoms with E-state index in [4.69, 9.17) is 26.6 Å². The molecule has 3 atom stereocenters. The third kappa shape index (κ3) is 5.19. The van der Waals surface area contributed by atoms with Crippen LogP contribution < -0.4 is 4.72 Å². The van der Waals surface area contributed by atoms with Crippen LogP contribution in [0, 0.1) is 5.92 Å². The number of fused-ring (bicyclic) bond motifs is 1. The number of thiophene rings is 1. The largest absolute Gasteiger partial charge is 0.503 e. The van der Waals surface area contributed by atoms with Crippen molar-refractivity contribution in [3.8, 4) is 10.7 Å². The molecule has 0 saturated heterocycles. The number of halogens is 1. The van der Waals surface area contributed by atoms with Crippen molar-refractivity contribution in [2.75, 3.05) is 0 Å². The third-order valence-electron chi connectivity index (χ3n) is 5.38. The first kappa shape index (κ1) is 23.2. The number of hydrogen-bond acceptors (Lipinski definition) is 5. The monoisotopic (exact) mass is 505 g/mol. The molecule has 1 fully saturated rings. The van der Waals surface area contributed by atoms with Crippen molar-refractivity contribution in [1.29, 1.82) is 0 Å². The molecule has 0 bridgehead atoms. The summed E-state index contributed by atoms with van der Waals surface area (Å²) in [6.45, 7) is 2.07. The highest BCUT2D eigenvalue weighted by Crippen LogP contribution is 2.48. The van der Waals surface area contributed by atoms with Crippen LogP contribution in [0.4, 0.5) is 4.79 Å². The lowest BCUT2D eigenvalue weighted by Gasteiger charge is -2.04. The minimum atomic E-state index is -3.59. The van der Waals surface area contributed by atoms with Gasteiger partial charge in [-0.1, -0.05) is 48.9 Å². The van der Waals surface area contributed by atoms with Crippen molar-refractivity contribution in [2.45, 2.75) is 23.1 Å². The van der Waals surface area contributed by atoms with E-state index in [0.29, 0.717) is 10.8 Å². The molecule has 0 aliphatic heterocycles. The molecule has 1 saturated carbocycles. The molecule has 0 radical (unpaired) electrons. The van der Waals surface area contributed by atoms with E-state index < -0.39 is 16.2 Å². The van der Waals surface area contributed by atoms with E-state index in [1.165, 1.54) is 16.9 Å². The summed E-state index contributed by atoms with van der Waals surface area (Å²) in [5, 5.41) is 14.6. The topological polar surface area (TPSA) is 132 Å². The maximum atomic E-state index is 12.9. The number of nitrogens with one attached hydrogen (secondary N) is 2. The van der Waals surface area contributed by atoms with Crippen LogP contribution in [0.1, 0.15) is 18.4 Å². The van der Waals surface area contributed by atoms with E-state index in [0.717, 1.165) is 15.9 Å². The van der Waals surface area contributed by atoms with Crippen LogP contribution in [-0.2, 0) is 10.0 Å². The number of H-pyrrole nitrogens is 1. The Bertz CT molecular complexity index is 1400. The summed E-state index contributed by atoms with van der Waals surface area (Å²) in [5.74, 6) is 1.12. The molecule has 33 heavy (non-hydrogen) atoms. The van der Waals surface area contributed by atoms with Gasteiger partial charge in [0.25, 0.3) is 0 Å². The van der Waals surface area contributed by atoms with Gasteiger partial charge in [-0.3, -0.25) is 0 Å². The van der Waals surface area contributed by atoms with Gasteiger partial charge in [-0.05, 0) is 41.8 Å². The van der Waals surface area contributed by atoms with Gasteiger partial charge in [-0.25, -0.2) is 22.9 Å². The molecule has 2 heterocycles. The minimum Gasteiger partial charge on any atom is -0.450 e. The summed E-state index contributed by atoms with van der Waals surface area (Å²) in [4.78, 5) is 17.1. The van der Waals surface area contributed by atoms with Gasteiger partial charge >= 0.3 is 6.16 Å². The molecule has 0 amide bonds. The second-order valence-electron chi connectivity index (χ2n) is 7.59. The zero-order chi connectivity index (χ0) is 23.8. The van der Waals surface area contributed by atoms with Crippen LogP contribution in [-0.4, -0.2) is 40.8 Å². The van der Waals surface area contributed by atoms with Gasteiger partial charge in [0.2, 0.25) is 10.0 Å². The fraction of sp³-hybridized carbons (Fsp3) is 0.182. The average molecular weight is 506 g/mol. The van der Waals surface area contributed by atoms with Gasteiger partial charge in [0.05, 0.1) is 15.9 Å². The molecule has 1 aliphatic rings. The summed E-state index contributed by atoms with van der Waals surface area (Å²) < 4.78 is 29.0. The van der Waals surface area contributed by atoms with Crippen LogP contribution in [0.25, 0.3) is 21.7 Å². The van der Waals surface area contributed by atoms with Crippen molar-refractivity contribution in [2.24, 2.45) is 5.92 Å². The van der Waals surface area contributed by atoms with Crippen molar-refractivity contribution < 1.29 is 23.4 Å². The van der Waals surface area contributed by atoms with Gasteiger partial charge in [-0.2, -0.15) is 0 Å². The molecule has 2 aromatic carbocycles. The molecule has 2 aromatic heterocycles. The quantitative estimate of drug-likeness (QED) is 0.293. The van der Waals surface area contributed by atoms with Gasteiger partial charge in [0.15, 0.2) is 0 Å². The van der Waals surface area contributed by atoms with E-state index in [1.54, 1.807) is 24.3 Å². The maximum absolute atomic E-state index is 12.9. The Hall–Kier alpha value is -2.92. The highest BCUT2D eigenvalue weighted by Gasteiger charge is 2.49. The van der Waals surface area contributed by atoms with Crippen LogP contribution >= 0.6 is 22.9 Å². The number of benzene rings is 2. The smallest absolute Gasteiger partial charge is 0.450 e. The number of carboxylic acid groups (broad SMARTS) is 2. The van der Waals surface area contributed by atoms with Crippen molar-refractivity contribution in [1.82, 2.24) is 14.7 Å². The van der Waals surface area contributed by atoms with Gasteiger partial charge in [-0.15, -0.1) is 11.3 Å². The summed E-state index contributed by atoms with van der Waals surface area (Å²) >= 11 is 7.22. The molecule has 1 aliphatic carbocycles. The summed E-state index contributed by atoms with van der Waals surface area (Å²) in [6, 6.07) is 18.8. The van der Waals surface area contributed by atoms with Crippen LogP contribution in [0.2, 0.25) is 5.02 Å². The lowest BCUT2D eigenvalue weighted by Crippen LogP contribution is -2.27. The fourth-order valence-corrected chi connectivity index (χ4v) is 6.54. The molecule has 4 aromatic rings. The SMILES string of the molecule is C[C@H]1[C@H](NS(=O)(=O)c2ccc(-c3nc4cc(Cl)ccc4[nH]3)s2)[C@H]1c1ccccc1.O=C(O)O. The Morgan fingerprint density at radius 2 is 1.82 bits per heavy atom. The molecular formula is C22H20ClN3O5S2. The Labute approximate surface area is 198 Å². The van der Waals surface area contributed by atoms with Gasteiger partial charge < -0.3 is 15.2 Å². The standard InChI is InChI=1S/C21H18ClN3O2S2.CH2O3/c1-12-19(13-5-3-2-4-6-13)20(12)25-29(26,27)18-10-9-17(28-18)21-23-15-8-7-14(22)11-16(15)24-21;2-1(3)4/h2-12,19-20,25H,1H3,(H,23,24);(H2,2,3,4)/t12-,19-,20+;/m1./s1. The normalized spacial score (nSPS) is 19.6. The molecule has 5 rings (SSSR count). The average Bonchev–Trinajstić information content (AvgIpc) is 3.15. The molecule has 0 spiro atoms. The predicted octanol–water partition coefficient (Wildman–Crippen LogP) is 5.25. The molecule has 172 valence electrons. The summed E-state index contributed by atoms with van der Waals surface area (Å²) in [6.07, 6.45) is -1.83. The number of imidazole rings is 1. The highest BCUT2D eigenvalue weighted by molar-refractivity contribution is 7.91. The summed E-state index contributed by atoms with van der Waals surface area (Å²) in [5.41, 5.74) is 2.78. The molecule has 8 nitrogen and oxygen atoms in total. The van der Waals surface area contributed by atoms with Gasteiger partial charge in [0.1, 0.15) is 10.0 Å². The van der Waals surface area contributed by atoms with E-state index in [1.807, 2.05) is 36.4 Å². The first-order valence-corrected chi connectivity index (χ1v) is 12.6. The Morgan fingerprint density at radius 1 is 1.12 bits per heavy atom. The lowest BCUT2D eigenvalue weighted by atomic mass is 10.1. The van der Waals surface area contributed by atoms with Crippen LogP contribution in [0.15, 0.2) is 64.9 Å². The van der Waals surface area contributed by atoms with E-state index in [9.17, 15) is 8.42 Å². The van der Waals surface area contributed by atoms with Crippen molar-refractivity contribution in [3.63, 3.8) is 0 Å². The second kappa shape index (κ2) is 9.14. The van der Waals surface area contributed by atoms with Crippen LogP contribution in [0.5, 0.6) is 0 Å². The number of hydrogen-bond donors (Lipinski definition) is 4. The number of rotatable bonds is 5. The first-order chi connectivity index (χ1) is 15.7. The van der Waals surface area contributed by atoms with E-state index in [2.05, 4.69) is 21.6 Å². The molecule has 4 N–H and O–H groups in total. The highest BCUT2D eigenvalue weighted by atomic mass is 35.5. The predicted molar refractivity (Wildman–Crippen MR) is 128 cm³/mol. The lowest BCUT2D eigenvalue weighted by molar-refractivity contribution is 0.137. The third-order valence-corrected chi connectivity index (χ3v) is 8.66. The van der Waals surface area contributed by atoms with Crippen molar-refractivity contribution in [3.05, 3.63) is 71.2 Å². The van der Waals surface area contributed by atoms with E-state index in [-0.39, 0.29) is 22.1 Å². The Kier molecular flexibility index (Phi) is 6.44. The Morgan fingerprint density at radius 3 is 2.52 bits per heavy atom. The second-order valence-corrected chi connectivity index (χ2v) is 11.1. The number of sulfonamides is 1. The van der Waals surface area contributed by atoms with Gasteiger partial charge in [0, 0.05) is 17.0 Å². The zero-order valence-electron chi connectivity index (χ0n) is 17.3. The van der Waals surface area contributed by atoms with Crippen LogP contribution in [0.3, 0.4) is 0 Å². The first-order valence-electron chi connectivity index (χ1n) is 9.90. The maximum Gasteiger partial charge on any atom is 0.503 e. The fourth-order valence-electron chi connectivity index (χ4n) is 3.75. The van der Waals surface area contributed by atoms with Crippen molar-refractivity contribution >= 4 is 50.1 Å². The zero-order valence-corrected chi connectivity index (χ0v) is 19.7. The number of nitrogens with zero attached hydrogens (tertiary/aromatic N) is 1. The van der Waals surface area contributed by atoms with E-state index >= 15 is 0 Å². The molecule has 11 heteroatoms. The Balaban J connectivity index is 0.000000601. The number of carbonyl (C=O) groups is 1. The molecular weight excluding hydrogens is 486 g/mol. The number of aromatic amines is 1. The summed E-state index contributed by atoms with van der Waals surface area (Å²) in [7, 11) is -3.59. The minimum absolute atomic E-state index is 0.0821. The molecule has 0 unspecified atom stereocenters. The number of aromatic nitrogens is 2.